The normalized spacial score (nSPS) is 40.1. The number of carbonyl (C=O) groups is 3. The van der Waals surface area contributed by atoms with Crippen molar-refractivity contribution in [1.29, 1.82) is 0 Å². The lowest BCUT2D eigenvalue weighted by molar-refractivity contribution is -0.284. The molecular formula is C37H46O11. The van der Waals surface area contributed by atoms with Crippen molar-refractivity contribution in [1.82, 2.24) is 0 Å². The maximum Gasteiger partial charge on any atom is 0.338 e. The minimum atomic E-state index is -2.68. The van der Waals surface area contributed by atoms with Crippen molar-refractivity contribution in [2.45, 2.75) is 100 Å². The number of benzene rings is 1. The highest BCUT2D eigenvalue weighted by Crippen LogP contribution is 2.66. The van der Waals surface area contributed by atoms with E-state index in [1.807, 2.05) is 6.08 Å². The maximum absolute atomic E-state index is 13.6. The van der Waals surface area contributed by atoms with Gasteiger partial charge in [-0.25, -0.2) is 9.59 Å². The van der Waals surface area contributed by atoms with Gasteiger partial charge >= 0.3 is 11.9 Å². The molecule has 0 bridgehead atoms. The Morgan fingerprint density at radius 1 is 1.06 bits per heavy atom. The summed E-state index contributed by atoms with van der Waals surface area (Å²) in [6, 6.07) is 7.94. The van der Waals surface area contributed by atoms with E-state index in [4.69, 9.17) is 14.2 Å². The summed E-state index contributed by atoms with van der Waals surface area (Å²) in [5.41, 5.74) is -9.14. The lowest BCUT2D eigenvalue weighted by Crippen LogP contribution is -2.76. The van der Waals surface area contributed by atoms with Gasteiger partial charge in [0.1, 0.15) is 30.0 Å². The fraction of sp³-hybridized carbons (Fsp3) is 0.541. The maximum atomic E-state index is 13.6. The van der Waals surface area contributed by atoms with E-state index in [1.165, 1.54) is 45.1 Å². The lowest BCUT2D eigenvalue weighted by Gasteiger charge is -2.59. The fourth-order valence-electron chi connectivity index (χ4n) is 8.16. The molecule has 5 N–H and O–H groups in total. The standard InChI is InChI=1S/C37H46O11/c1-6-7-8-9-10-11-15-18-26(39)46-31-27-30-34(20-38,48-30)33(42)37(45)25(19-22(4)28(37)40)36(27,44)23(5)29(35(31,43)21(2)3)47-32(41)24-16-13-12-14-17-24/h10-19,23,25,27,29-31,33,38,42-45H,2,6-9,20H2,1,3-5H3/b11-10+,18-15-/t23-,25+,27+,29-,30+,31-,33-,34+,35+,36+,37-/m1/s1. The molecule has 0 amide bonds. The molecule has 1 aliphatic heterocycles. The van der Waals surface area contributed by atoms with Crippen LogP contribution in [0.5, 0.6) is 0 Å². The van der Waals surface area contributed by atoms with Gasteiger partial charge in [0, 0.05) is 17.9 Å². The lowest BCUT2D eigenvalue weighted by atomic mass is 9.53. The molecule has 0 radical (unpaired) electrons. The fourth-order valence-corrected chi connectivity index (χ4v) is 8.16. The smallest absolute Gasteiger partial charge is 0.338 e. The number of epoxide rings is 1. The van der Waals surface area contributed by atoms with Crippen LogP contribution < -0.4 is 0 Å². The van der Waals surface area contributed by atoms with E-state index < -0.39 is 88.9 Å². The van der Waals surface area contributed by atoms with E-state index in [0.717, 1.165) is 31.8 Å². The molecule has 2 saturated carbocycles. The number of rotatable bonds is 11. The predicted octanol–water partition coefficient (Wildman–Crippen LogP) is 2.50. The minimum Gasteiger partial charge on any atom is -0.455 e. The van der Waals surface area contributed by atoms with Crippen LogP contribution >= 0.6 is 0 Å². The van der Waals surface area contributed by atoms with E-state index >= 15 is 0 Å². The van der Waals surface area contributed by atoms with Crippen molar-refractivity contribution in [2.75, 3.05) is 6.61 Å². The monoisotopic (exact) mass is 666 g/mol. The van der Waals surface area contributed by atoms with Crippen LogP contribution in [0.4, 0.5) is 0 Å². The topological polar surface area (TPSA) is 183 Å². The van der Waals surface area contributed by atoms with E-state index in [9.17, 15) is 39.9 Å². The summed E-state index contributed by atoms with van der Waals surface area (Å²) in [5.74, 6) is -7.00. The molecule has 1 aromatic carbocycles. The van der Waals surface area contributed by atoms with Gasteiger partial charge in [0.2, 0.25) is 0 Å². The number of hydrogen-bond donors (Lipinski definition) is 5. The Kier molecular flexibility index (Phi) is 9.79. The molecule has 0 spiro atoms. The molecule has 0 aromatic heterocycles. The van der Waals surface area contributed by atoms with E-state index in [1.54, 1.807) is 24.3 Å². The number of allylic oxidation sites excluding steroid dienone is 3. The second-order valence-electron chi connectivity index (χ2n) is 13.7. The van der Waals surface area contributed by atoms with Crippen molar-refractivity contribution >= 4 is 17.7 Å². The minimum absolute atomic E-state index is 0.0180. The molecule has 5 rings (SSSR count). The van der Waals surface area contributed by atoms with Gasteiger partial charge in [-0.15, -0.1) is 0 Å². The second kappa shape index (κ2) is 13.1. The Labute approximate surface area is 280 Å². The molecule has 3 fully saturated rings. The van der Waals surface area contributed by atoms with Crippen LogP contribution in [0.25, 0.3) is 0 Å². The third-order valence-electron chi connectivity index (χ3n) is 10.9. The van der Waals surface area contributed by atoms with Gasteiger partial charge in [-0.05, 0) is 50.0 Å². The molecule has 1 saturated heterocycles. The van der Waals surface area contributed by atoms with Crippen molar-refractivity contribution in [3.05, 3.63) is 84.0 Å². The second-order valence-corrected chi connectivity index (χ2v) is 13.7. The SMILES string of the molecule is C=C(C)[C@@]1(O)[C@H](OC(=O)/C=C\C=C\CCCCC)[C@@H]2[C@@H]3O[C@]3(CO)[C@@H](O)[C@]3(O)C(=O)C(C)=C[C@H]3[C@@]2(O)[C@H](C)[C@H]1OC(=O)c1ccccc1. The predicted molar refractivity (Wildman–Crippen MR) is 173 cm³/mol. The van der Waals surface area contributed by atoms with Gasteiger partial charge < -0.3 is 39.7 Å². The molecule has 11 atom stereocenters. The van der Waals surface area contributed by atoms with E-state index in [2.05, 4.69) is 13.5 Å². The summed E-state index contributed by atoms with van der Waals surface area (Å²) in [6.45, 7) is 9.53. The molecule has 1 heterocycles. The zero-order valence-corrected chi connectivity index (χ0v) is 27.7. The zero-order valence-electron chi connectivity index (χ0n) is 27.7. The average molecular weight is 667 g/mol. The summed E-state index contributed by atoms with van der Waals surface area (Å²) in [7, 11) is 0. The highest BCUT2D eigenvalue weighted by atomic mass is 16.6. The van der Waals surface area contributed by atoms with Crippen LogP contribution in [0.3, 0.4) is 0 Å². The van der Waals surface area contributed by atoms with Gasteiger partial charge in [-0.1, -0.05) is 75.8 Å². The first-order chi connectivity index (χ1) is 22.7. The third-order valence-corrected chi connectivity index (χ3v) is 10.9. The van der Waals surface area contributed by atoms with Gasteiger partial charge in [0.25, 0.3) is 0 Å². The molecule has 260 valence electrons. The Bertz CT molecular complexity index is 1530. The summed E-state index contributed by atoms with van der Waals surface area (Å²) in [5, 5.41) is 59.9. The third kappa shape index (κ3) is 5.32. The number of ketones is 1. The van der Waals surface area contributed by atoms with Crippen LogP contribution in [0.15, 0.2) is 78.4 Å². The number of aliphatic hydroxyl groups excluding tert-OH is 2. The summed E-state index contributed by atoms with van der Waals surface area (Å²) >= 11 is 0. The quantitative estimate of drug-likeness (QED) is 0.0584. The van der Waals surface area contributed by atoms with Crippen molar-refractivity contribution < 1.29 is 54.1 Å². The largest absolute Gasteiger partial charge is 0.455 e. The van der Waals surface area contributed by atoms with Crippen molar-refractivity contribution in [2.24, 2.45) is 17.8 Å². The summed E-state index contributed by atoms with van der Waals surface area (Å²) in [4.78, 5) is 40.5. The zero-order chi connectivity index (χ0) is 35.2. The summed E-state index contributed by atoms with van der Waals surface area (Å²) < 4.78 is 17.8. The van der Waals surface area contributed by atoms with Gasteiger partial charge in [0.15, 0.2) is 17.0 Å². The molecule has 48 heavy (non-hydrogen) atoms. The van der Waals surface area contributed by atoms with Gasteiger partial charge in [-0.2, -0.15) is 0 Å². The molecule has 4 aliphatic rings. The number of carbonyl (C=O) groups excluding carboxylic acids is 3. The first-order valence-corrected chi connectivity index (χ1v) is 16.5. The average Bonchev–Trinajstić information content (AvgIpc) is 3.76. The Hall–Kier alpha value is -3.45. The van der Waals surface area contributed by atoms with Crippen molar-refractivity contribution in [3.8, 4) is 0 Å². The summed E-state index contributed by atoms with van der Waals surface area (Å²) in [6.07, 6.45) is 4.69. The Balaban J connectivity index is 1.65. The van der Waals surface area contributed by atoms with Crippen LogP contribution in [0.1, 0.15) is 63.7 Å². The molecule has 11 heteroatoms. The molecule has 11 nitrogen and oxygen atoms in total. The van der Waals surface area contributed by atoms with E-state index in [0.29, 0.717) is 0 Å². The van der Waals surface area contributed by atoms with Crippen LogP contribution in [0.2, 0.25) is 0 Å². The van der Waals surface area contributed by atoms with Gasteiger partial charge in [0.05, 0.1) is 23.7 Å². The Morgan fingerprint density at radius 2 is 1.75 bits per heavy atom. The number of hydrogen-bond acceptors (Lipinski definition) is 11. The van der Waals surface area contributed by atoms with Crippen molar-refractivity contribution in [3.63, 3.8) is 0 Å². The van der Waals surface area contributed by atoms with Crippen LogP contribution in [-0.2, 0) is 23.8 Å². The number of unbranched alkanes of at least 4 members (excludes halogenated alkanes) is 3. The molecular weight excluding hydrogens is 620 g/mol. The number of esters is 2. The van der Waals surface area contributed by atoms with Gasteiger partial charge in [-0.3, -0.25) is 4.79 Å². The number of ether oxygens (including phenoxy) is 3. The molecule has 1 aromatic rings. The highest BCUT2D eigenvalue weighted by Gasteiger charge is 2.85. The first-order valence-electron chi connectivity index (χ1n) is 16.5. The number of fused-ring (bicyclic) bond motifs is 5. The number of aliphatic hydroxyl groups is 5. The Morgan fingerprint density at radius 3 is 2.38 bits per heavy atom. The van der Waals surface area contributed by atoms with Crippen LogP contribution in [-0.4, -0.2) is 96.7 Å². The molecule has 3 aliphatic carbocycles. The molecule has 0 unspecified atom stereocenters. The first kappa shape index (κ1) is 35.8. The van der Waals surface area contributed by atoms with Crippen LogP contribution in [0, 0.1) is 17.8 Å². The van der Waals surface area contributed by atoms with E-state index in [-0.39, 0.29) is 16.7 Å². The number of Topliss-reactive ketones (excluding diaryl/α,β-unsaturated/α-hetero) is 1. The highest BCUT2D eigenvalue weighted by molar-refractivity contribution is 6.05.